The van der Waals surface area contributed by atoms with Crippen molar-refractivity contribution in [3.05, 3.63) is 76.8 Å². The molecule has 0 spiro atoms. The maximum Gasteiger partial charge on any atom is 0.338 e. The van der Waals surface area contributed by atoms with Crippen LogP contribution in [0.5, 0.6) is 0 Å². The highest BCUT2D eigenvalue weighted by atomic mass is 35.5. The number of rotatable bonds is 6. The number of hydrogen-bond acceptors (Lipinski definition) is 5. The number of esters is 1. The lowest BCUT2D eigenvalue weighted by Crippen LogP contribution is -2.30. The van der Waals surface area contributed by atoms with Crippen LogP contribution in [-0.4, -0.2) is 41.2 Å². The molecule has 0 fully saturated rings. The number of ether oxygens (including phenoxy) is 1. The summed E-state index contributed by atoms with van der Waals surface area (Å²) in [5.74, 6) is -2.26. The summed E-state index contributed by atoms with van der Waals surface area (Å²) in [6.07, 6.45) is 0.360. The third kappa shape index (κ3) is 4.20. The number of carbonyl (C=O) groups excluding carboxylic acids is 4. The molecule has 1 N–H and O–H groups in total. The van der Waals surface area contributed by atoms with E-state index < -0.39 is 29.8 Å². The van der Waals surface area contributed by atoms with E-state index in [9.17, 15) is 19.2 Å². The fourth-order valence-corrected chi connectivity index (χ4v) is 2.90. The van der Waals surface area contributed by atoms with Crippen LogP contribution in [-0.2, 0) is 9.53 Å². The van der Waals surface area contributed by atoms with Crippen LogP contribution in [0.15, 0.2) is 55.1 Å². The Labute approximate surface area is 171 Å². The van der Waals surface area contributed by atoms with Crippen molar-refractivity contribution in [1.29, 1.82) is 0 Å². The molecule has 1 aliphatic rings. The molecule has 2 aromatic rings. The molecular formula is C21H17ClN2O5. The van der Waals surface area contributed by atoms with Crippen LogP contribution in [0.25, 0.3) is 0 Å². The highest BCUT2D eigenvalue weighted by molar-refractivity contribution is 6.30. The van der Waals surface area contributed by atoms with Gasteiger partial charge in [0.15, 0.2) is 6.10 Å². The Hall–Kier alpha value is -3.45. The molecule has 0 saturated heterocycles. The molecule has 1 heterocycles. The van der Waals surface area contributed by atoms with Crippen molar-refractivity contribution >= 4 is 41.0 Å². The molecule has 8 heteroatoms. The Bertz CT molecular complexity index is 1020. The van der Waals surface area contributed by atoms with Gasteiger partial charge in [-0.15, -0.1) is 6.58 Å². The van der Waals surface area contributed by atoms with E-state index in [-0.39, 0.29) is 23.2 Å². The average Bonchev–Trinajstić information content (AvgIpc) is 2.94. The van der Waals surface area contributed by atoms with E-state index >= 15 is 0 Å². The maximum absolute atomic E-state index is 12.4. The second kappa shape index (κ2) is 8.28. The fraction of sp³-hybridized carbons (Fsp3) is 0.143. The summed E-state index contributed by atoms with van der Waals surface area (Å²) < 4.78 is 5.19. The summed E-state index contributed by atoms with van der Waals surface area (Å²) in [5, 5.41) is 3.14. The van der Waals surface area contributed by atoms with E-state index in [1.165, 1.54) is 31.2 Å². The predicted molar refractivity (Wildman–Crippen MR) is 107 cm³/mol. The number of carbonyl (C=O) groups is 4. The van der Waals surface area contributed by atoms with Crippen LogP contribution in [0, 0.1) is 0 Å². The highest BCUT2D eigenvalue weighted by Gasteiger charge is 2.35. The van der Waals surface area contributed by atoms with Crippen molar-refractivity contribution in [3.8, 4) is 0 Å². The first-order valence-corrected chi connectivity index (χ1v) is 9.08. The number of hydrogen-bond donors (Lipinski definition) is 1. The number of halogens is 1. The zero-order chi connectivity index (χ0) is 21.1. The van der Waals surface area contributed by atoms with Crippen LogP contribution >= 0.6 is 11.6 Å². The molecule has 148 valence electrons. The average molecular weight is 413 g/mol. The van der Waals surface area contributed by atoms with E-state index in [0.717, 1.165) is 4.90 Å². The molecule has 3 amide bonds. The first-order chi connectivity index (χ1) is 13.8. The summed E-state index contributed by atoms with van der Waals surface area (Å²) in [7, 11) is 0. The van der Waals surface area contributed by atoms with Gasteiger partial charge >= 0.3 is 5.97 Å². The van der Waals surface area contributed by atoms with Crippen molar-refractivity contribution in [2.45, 2.75) is 13.0 Å². The number of fused-ring (bicyclic) bond motifs is 1. The van der Waals surface area contributed by atoms with Gasteiger partial charge in [-0.05, 0) is 49.4 Å². The largest absolute Gasteiger partial charge is 0.449 e. The Morgan fingerprint density at radius 3 is 2.45 bits per heavy atom. The monoisotopic (exact) mass is 412 g/mol. The summed E-state index contributed by atoms with van der Waals surface area (Å²) in [5.41, 5.74) is 0.897. The normalized spacial score (nSPS) is 13.7. The quantitative estimate of drug-likeness (QED) is 0.446. The van der Waals surface area contributed by atoms with E-state index in [4.69, 9.17) is 16.3 Å². The summed E-state index contributed by atoms with van der Waals surface area (Å²) >= 11 is 5.80. The molecule has 1 aliphatic heterocycles. The van der Waals surface area contributed by atoms with Gasteiger partial charge in [-0.1, -0.05) is 17.7 Å². The Morgan fingerprint density at radius 1 is 1.14 bits per heavy atom. The lowest BCUT2D eigenvalue weighted by atomic mass is 10.1. The molecule has 0 bridgehead atoms. The second-order valence-corrected chi connectivity index (χ2v) is 6.75. The molecule has 3 rings (SSSR count). The number of nitrogens with zero attached hydrogens (tertiary/aromatic N) is 1. The van der Waals surface area contributed by atoms with Crippen molar-refractivity contribution in [1.82, 2.24) is 4.90 Å². The maximum atomic E-state index is 12.4. The molecule has 0 saturated carbocycles. The first kappa shape index (κ1) is 20.3. The van der Waals surface area contributed by atoms with Crippen molar-refractivity contribution in [2.75, 3.05) is 11.9 Å². The van der Waals surface area contributed by atoms with Gasteiger partial charge in [0.25, 0.3) is 17.7 Å². The summed E-state index contributed by atoms with van der Waals surface area (Å²) in [6.45, 7) is 5.03. The van der Waals surface area contributed by atoms with Gasteiger partial charge in [-0.3, -0.25) is 19.3 Å². The van der Waals surface area contributed by atoms with Crippen LogP contribution in [0.3, 0.4) is 0 Å². The van der Waals surface area contributed by atoms with Gasteiger partial charge in [0.1, 0.15) is 0 Å². The number of benzene rings is 2. The van der Waals surface area contributed by atoms with Crippen LogP contribution in [0.4, 0.5) is 5.69 Å². The molecule has 1 atom stereocenters. The fourth-order valence-electron chi connectivity index (χ4n) is 2.77. The van der Waals surface area contributed by atoms with E-state index in [2.05, 4.69) is 11.9 Å². The van der Waals surface area contributed by atoms with E-state index in [1.54, 1.807) is 24.3 Å². The van der Waals surface area contributed by atoms with E-state index in [1.807, 2.05) is 0 Å². The SMILES string of the molecule is C=CCN1C(=O)c2ccc(C(=O)O[C@H](C)C(=O)Nc3ccc(Cl)cc3)cc2C1=O. The minimum absolute atomic E-state index is 0.0662. The standard InChI is InChI=1S/C21H17ClN2O5/c1-3-10-24-19(26)16-9-4-13(11-17(16)20(24)27)21(28)29-12(2)18(25)23-15-7-5-14(22)6-8-15/h3-9,11-12H,1,10H2,2H3,(H,23,25)/t12-/m1/s1. The second-order valence-electron chi connectivity index (χ2n) is 6.31. The minimum Gasteiger partial charge on any atom is -0.449 e. The Kier molecular flexibility index (Phi) is 5.79. The van der Waals surface area contributed by atoms with Crippen LogP contribution in [0.1, 0.15) is 38.0 Å². The third-order valence-electron chi connectivity index (χ3n) is 4.28. The van der Waals surface area contributed by atoms with Crippen molar-refractivity contribution < 1.29 is 23.9 Å². The molecule has 0 aromatic heterocycles. The third-order valence-corrected chi connectivity index (χ3v) is 4.53. The lowest BCUT2D eigenvalue weighted by Gasteiger charge is -2.14. The number of amides is 3. The van der Waals surface area contributed by atoms with Gasteiger partial charge in [-0.2, -0.15) is 0 Å². The number of anilines is 1. The van der Waals surface area contributed by atoms with Crippen molar-refractivity contribution in [2.24, 2.45) is 0 Å². The minimum atomic E-state index is -1.08. The number of imide groups is 1. The van der Waals surface area contributed by atoms with Gasteiger partial charge in [0, 0.05) is 17.3 Å². The number of nitrogens with one attached hydrogen (secondary N) is 1. The zero-order valence-electron chi connectivity index (χ0n) is 15.5. The molecule has 0 aliphatic carbocycles. The Morgan fingerprint density at radius 2 is 1.79 bits per heavy atom. The van der Waals surface area contributed by atoms with E-state index in [0.29, 0.717) is 10.7 Å². The predicted octanol–water partition coefficient (Wildman–Crippen LogP) is 3.31. The zero-order valence-corrected chi connectivity index (χ0v) is 16.2. The molecule has 29 heavy (non-hydrogen) atoms. The molecular weight excluding hydrogens is 396 g/mol. The molecule has 0 unspecified atom stereocenters. The topological polar surface area (TPSA) is 92.8 Å². The van der Waals surface area contributed by atoms with Gasteiger partial charge in [-0.25, -0.2) is 4.79 Å². The first-order valence-electron chi connectivity index (χ1n) is 8.70. The van der Waals surface area contributed by atoms with Gasteiger partial charge in [0.05, 0.1) is 16.7 Å². The highest BCUT2D eigenvalue weighted by Crippen LogP contribution is 2.24. The van der Waals surface area contributed by atoms with Crippen molar-refractivity contribution in [3.63, 3.8) is 0 Å². The van der Waals surface area contributed by atoms with Gasteiger partial charge < -0.3 is 10.1 Å². The Balaban J connectivity index is 1.69. The molecule has 0 radical (unpaired) electrons. The lowest BCUT2D eigenvalue weighted by molar-refractivity contribution is -0.123. The molecule has 7 nitrogen and oxygen atoms in total. The van der Waals surface area contributed by atoms with Crippen LogP contribution < -0.4 is 5.32 Å². The van der Waals surface area contributed by atoms with Gasteiger partial charge in [0.2, 0.25) is 0 Å². The molecule has 2 aromatic carbocycles. The summed E-state index contributed by atoms with van der Waals surface area (Å²) in [6, 6.07) is 10.5. The summed E-state index contributed by atoms with van der Waals surface area (Å²) in [4.78, 5) is 50.2. The van der Waals surface area contributed by atoms with Crippen LogP contribution in [0.2, 0.25) is 5.02 Å². The smallest absolute Gasteiger partial charge is 0.338 e.